The van der Waals surface area contributed by atoms with Crippen molar-refractivity contribution < 1.29 is 34.2 Å². The Bertz CT molecular complexity index is 754. The zero-order valence-electron chi connectivity index (χ0n) is 19.7. The molecule has 34 heavy (non-hydrogen) atoms. The Hall–Kier alpha value is -3.42. The molecule has 0 bridgehead atoms. The number of guanidine groups is 1. The molecule has 0 saturated heterocycles. The molecule has 0 fully saturated rings. The zero-order chi connectivity index (χ0) is 26.4. The van der Waals surface area contributed by atoms with Crippen molar-refractivity contribution in [3.8, 4) is 0 Å². The maximum absolute atomic E-state index is 12.9. The first-order chi connectivity index (χ1) is 15.8. The van der Waals surface area contributed by atoms with Gasteiger partial charge in [0.1, 0.15) is 18.1 Å². The van der Waals surface area contributed by atoms with Gasteiger partial charge in [-0.3, -0.25) is 24.2 Å². The minimum atomic E-state index is -1.27. The molecule has 5 atom stereocenters. The van der Waals surface area contributed by atoms with Gasteiger partial charge >= 0.3 is 11.9 Å². The fraction of sp³-hybridized carbons (Fsp3) is 0.700. The van der Waals surface area contributed by atoms with Gasteiger partial charge in [-0.15, -0.1) is 0 Å². The molecule has 0 aliphatic heterocycles. The Morgan fingerprint density at radius 1 is 0.882 bits per heavy atom. The molecule has 0 aromatic carbocycles. The number of rotatable bonds is 16. The third kappa shape index (κ3) is 12.0. The van der Waals surface area contributed by atoms with E-state index < -0.39 is 66.2 Å². The van der Waals surface area contributed by atoms with Crippen molar-refractivity contribution in [1.29, 1.82) is 0 Å². The summed E-state index contributed by atoms with van der Waals surface area (Å²) in [6, 6.07) is -4.56. The van der Waals surface area contributed by atoms with Crippen LogP contribution in [0.1, 0.15) is 52.9 Å². The summed E-state index contributed by atoms with van der Waals surface area (Å²) >= 11 is 0. The van der Waals surface area contributed by atoms with Crippen molar-refractivity contribution in [3.63, 3.8) is 0 Å². The van der Waals surface area contributed by atoms with Crippen LogP contribution in [0.3, 0.4) is 0 Å². The van der Waals surface area contributed by atoms with Crippen LogP contribution in [-0.2, 0) is 24.0 Å². The molecular formula is C20H37N7O7. The summed E-state index contributed by atoms with van der Waals surface area (Å²) in [6.07, 6.45) is 0.165. The minimum absolute atomic E-state index is 0.0463. The number of aliphatic carboxylic acids is 2. The quantitative estimate of drug-likeness (QED) is 0.0664. The van der Waals surface area contributed by atoms with E-state index in [2.05, 4.69) is 20.9 Å². The minimum Gasteiger partial charge on any atom is -0.481 e. The van der Waals surface area contributed by atoms with Gasteiger partial charge in [0.2, 0.25) is 17.7 Å². The van der Waals surface area contributed by atoms with Crippen molar-refractivity contribution in [2.45, 2.75) is 77.0 Å². The van der Waals surface area contributed by atoms with Crippen LogP contribution in [0.15, 0.2) is 4.99 Å². The molecule has 11 N–H and O–H groups in total. The second-order valence-corrected chi connectivity index (χ2v) is 8.00. The smallest absolute Gasteiger partial charge is 0.326 e. The molecule has 3 amide bonds. The number of aliphatic imine (C=N–C) groups is 1. The van der Waals surface area contributed by atoms with Crippen LogP contribution < -0.4 is 33.2 Å². The topological polar surface area (TPSA) is 252 Å². The van der Waals surface area contributed by atoms with Crippen LogP contribution in [0.2, 0.25) is 0 Å². The van der Waals surface area contributed by atoms with Gasteiger partial charge in [0.15, 0.2) is 5.96 Å². The number of carboxylic acids is 2. The van der Waals surface area contributed by atoms with Crippen LogP contribution in [0.4, 0.5) is 0 Å². The summed E-state index contributed by atoms with van der Waals surface area (Å²) in [6.45, 7) is 5.04. The Labute approximate surface area is 198 Å². The predicted octanol–water partition coefficient (Wildman–Crippen LogP) is -2.16. The Balaban J connectivity index is 5.47. The zero-order valence-corrected chi connectivity index (χ0v) is 19.7. The normalized spacial score (nSPS) is 15.1. The highest BCUT2D eigenvalue weighted by Crippen LogP contribution is 2.11. The molecule has 14 heteroatoms. The van der Waals surface area contributed by atoms with Gasteiger partial charge in [0.25, 0.3) is 0 Å². The number of nitrogens with zero attached hydrogens (tertiary/aromatic N) is 1. The highest BCUT2D eigenvalue weighted by Gasteiger charge is 2.32. The fourth-order valence-corrected chi connectivity index (χ4v) is 2.82. The number of nitrogens with one attached hydrogen (secondary N) is 3. The Morgan fingerprint density at radius 2 is 1.47 bits per heavy atom. The van der Waals surface area contributed by atoms with E-state index in [0.29, 0.717) is 6.42 Å². The summed E-state index contributed by atoms with van der Waals surface area (Å²) in [5.74, 6) is -5.15. The number of carbonyl (C=O) groups is 5. The number of amides is 3. The molecule has 0 aromatic rings. The molecule has 194 valence electrons. The average molecular weight is 488 g/mol. The van der Waals surface area contributed by atoms with Crippen molar-refractivity contribution in [1.82, 2.24) is 16.0 Å². The van der Waals surface area contributed by atoms with E-state index in [4.69, 9.17) is 22.3 Å². The number of hydrogen-bond acceptors (Lipinski definition) is 7. The van der Waals surface area contributed by atoms with E-state index in [1.165, 1.54) is 6.92 Å². The van der Waals surface area contributed by atoms with E-state index in [-0.39, 0.29) is 31.8 Å². The summed E-state index contributed by atoms with van der Waals surface area (Å²) in [4.78, 5) is 64.0. The van der Waals surface area contributed by atoms with E-state index in [0.717, 1.165) is 0 Å². The van der Waals surface area contributed by atoms with Crippen molar-refractivity contribution >= 4 is 35.6 Å². The summed E-state index contributed by atoms with van der Waals surface area (Å²) in [7, 11) is 0. The molecule has 5 unspecified atom stereocenters. The summed E-state index contributed by atoms with van der Waals surface area (Å²) < 4.78 is 0. The molecule has 0 aliphatic rings. The summed E-state index contributed by atoms with van der Waals surface area (Å²) in [5, 5.41) is 25.7. The monoisotopic (exact) mass is 487 g/mol. The van der Waals surface area contributed by atoms with Crippen LogP contribution >= 0.6 is 0 Å². The lowest BCUT2D eigenvalue weighted by molar-refractivity contribution is -0.143. The second kappa shape index (κ2) is 15.4. The van der Waals surface area contributed by atoms with Crippen molar-refractivity contribution in [2.75, 3.05) is 6.54 Å². The fourth-order valence-electron chi connectivity index (χ4n) is 2.82. The molecular weight excluding hydrogens is 450 g/mol. The first-order valence-corrected chi connectivity index (χ1v) is 11.0. The molecule has 0 heterocycles. The molecule has 0 radical (unpaired) electrons. The van der Waals surface area contributed by atoms with Gasteiger partial charge < -0.3 is 43.4 Å². The molecule has 0 spiro atoms. The van der Waals surface area contributed by atoms with Gasteiger partial charge in [-0.25, -0.2) is 4.79 Å². The van der Waals surface area contributed by atoms with Gasteiger partial charge in [-0.05, 0) is 32.1 Å². The van der Waals surface area contributed by atoms with Crippen LogP contribution in [0.5, 0.6) is 0 Å². The predicted molar refractivity (Wildman–Crippen MR) is 123 cm³/mol. The van der Waals surface area contributed by atoms with Crippen molar-refractivity contribution in [3.05, 3.63) is 0 Å². The molecule has 14 nitrogen and oxygen atoms in total. The largest absolute Gasteiger partial charge is 0.481 e. The number of nitrogens with two attached hydrogens (primary N) is 3. The van der Waals surface area contributed by atoms with Crippen molar-refractivity contribution in [2.24, 2.45) is 28.1 Å². The first kappa shape index (κ1) is 30.6. The molecule has 0 aromatic heterocycles. The lowest BCUT2D eigenvalue weighted by Crippen LogP contribution is -2.58. The van der Waals surface area contributed by atoms with E-state index in [1.807, 2.05) is 0 Å². The third-order valence-corrected chi connectivity index (χ3v) is 5.05. The molecule has 0 rings (SSSR count). The maximum atomic E-state index is 12.9. The van der Waals surface area contributed by atoms with Gasteiger partial charge in [-0.2, -0.15) is 0 Å². The van der Waals surface area contributed by atoms with Gasteiger partial charge in [0.05, 0.1) is 6.04 Å². The number of carbonyl (C=O) groups excluding carboxylic acids is 3. The van der Waals surface area contributed by atoms with Crippen LogP contribution in [0, 0.1) is 5.92 Å². The SMILES string of the molecule is CCC(C)C(NC(=O)C(CCC(=O)O)NC(=O)C(C)N)C(=O)NC(CCCN=C(N)N)C(=O)O. The van der Waals surface area contributed by atoms with E-state index >= 15 is 0 Å². The van der Waals surface area contributed by atoms with E-state index in [9.17, 15) is 29.1 Å². The lowest BCUT2D eigenvalue weighted by atomic mass is 9.96. The van der Waals surface area contributed by atoms with E-state index in [1.54, 1.807) is 13.8 Å². The number of hydrogen-bond donors (Lipinski definition) is 8. The first-order valence-electron chi connectivity index (χ1n) is 11.0. The number of carboxylic acid groups (broad SMARTS) is 2. The molecule has 0 saturated carbocycles. The Morgan fingerprint density at radius 3 is 1.94 bits per heavy atom. The molecule has 0 aliphatic carbocycles. The van der Waals surface area contributed by atoms with Crippen LogP contribution in [0.25, 0.3) is 0 Å². The highest BCUT2D eigenvalue weighted by molar-refractivity contribution is 5.94. The van der Waals surface area contributed by atoms with Crippen LogP contribution in [-0.4, -0.2) is 76.5 Å². The second-order valence-electron chi connectivity index (χ2n) is 8.00. The standard InChI is InChI=1S/C20H37N7O7/c1-4-10(2)15(18(32)26-13(19(33)34)6-5-9-24-20(22)23)27-17(31)12(7-8-14(28)29)25-16(30)11(3)21/h10-13,15H,4-9,21H2,1-3H3,(H,25,30)(H,26,32)(H,27,31)(H,28,29)(H,33,34)(H4,22,23,24). The highest BCUT2D eigenvalue weighted by atomic mass is 16.4. The maximum Gasteiger partial charge on any atom is 0.326 e. The lowest BCUT2D eigenvalue weighted by Gasteiger charge is -2.28. The third-order valence-electron chi connectivity index (χ3n) is 5.05. The van der Waals surface area contributed by atoms with Gasteiger partial charge in [-0.1, -0.05) is 20.3 Å². The van der Waals surface area contributed by atoms with Gasteiger partial charge in [0, 0.05) is 13.0 Å². The Kier molecular flexibility index (Phi) is 13.9. The summed E-state index contributed by atoms with van der Waals surface area (Å²) in [5.41, 5.74) is 16.0. The average Bonchev–Trinajstić information content (AvgIpc) is 2.75.